The molecule has 0 saturated carbocycles. The van der Waals surface area contributed by atoms with E-state index in [1.54, 1.807) is 30.7 Å². The summed E-state index contributed by atoms with van der Waals surface area (Å²) in [6.45, 7) is 3.86. The van der Waals surface area contributed by atoms with E-state index in [1.807, 2.05) is 38.1 Å². The molecule has 6 rings (SSSR count). The van der Waals surface area contributed by atoms with Crippen LogP contribution in [0.4, 0.5) is 10.1 Å². The number of aliphatic hydroxyl groups is 1. The average Bonchev–Trinajstić information content (AvgIpc) is 3.53. The summed E-state index contributed by atoms with van der Waals surface area (Å²) in [5.74, 6) is 0.279. The van der Waals surface area contributed by atoms with Crippen molar-refractivity contribution in [2.75, 3.05) is 5.32 Å². The van der Waals surface area contributed by atoms with Crippen molar-refractivity contribution in [3.8, 4) is 34.0 Å². The number of imidazole rings is 1. The van der Waals surface area contributed by atoms with Crippen molar-refractivity contribution in [1.29, 1.82) is 0 Å². The third-order valence-electron chi connectivity index (χ3n) is 6.13. The number of nitrogens with one attached hydrogen (secondary N) is 3. The monoisotopic (exact) mass is 494 g/mol. The second-order valence-corrected chi connectivity index (χ2v) is 9.11. The second kappa shape index (κ2) is 9.07. The molecule has 0 bridgehead atoms. The molecule has 1 unspecified atom stereocenters. The maximum absolute atomic E-state index is 13.4. The minimum Gasteiger partial charge on any atom is -0.374 e. The van der Waals surface area contributed by atoms with E-state index >= 15 is 0 Å². The molecule has 0 radical (unpaired) electrons. The fraction of sp³-hybridized carbons (Fsp3) is 0.148. The Morgan fingerprint density at radius 3 is 2.51 bits per heavy atom. The van der Waals surface area contributed by atoms with E-state index in [-0.39, 0.29) is 11.7 Å². The van der Waals surface area contributed by atoms with Gasteiger partial charge < -0.3 is 15.4 Å². The number of nitrogens with zero attached hydrogens (tertiary/aromatic N) is 5. The number of fused-ring (bicyclic) bond motifs is 2. The van der Waals surface area contributed by atoms with Gasteiger partial charge in [0.2, 0.25) is 0 Å². The van der Waals surface area contributed by atoms with Crippen molar-refractivity contribution in [3.05, 3.63) is 72.9 Å². The predicted molar refractivity (Wildman–Crippen MR) is 140 cm³/mol. The molecule has 4 N–H and O–H groups in total. The second-order valence-electron chi connectivity index (χ2n) is 9.11. The molecule has 6 aromatic rings. The molecule has 5 heterocycles. The van der Waals surface area contributed by atoms with Gasteiger partial charge in [0, 0.05) is 23.5 Å². The summed E-state index contributed by atoms with van der Waals surface area (Å²) in [5.41, 5.74) is 7.01. The van der Waals surface area contributed by atoms with Gasteiger partial charge in [0.15, 0.2) is 11.5 Å². The first-order chi connectivity index (χ1) is 18.0. The van der Waals surface area contributed by atoms with Crippen molar-refractivity contribution in [1.82, 2.24) is 35.1 Å². The minimum atomic E-state index is -0.685. The maximum Gasteiger partial charge on any atom is 0.161 e. The van der Waals surface area contributed by atoms with Crippen molar-refractivity contribution in [3.63, 3.8) is 0 Å². The molecule has 0 aliphatic heterocycles. The average molecular weight is 495 g/mol. The molecular weight excluding hydrogens is 471 g/mol. The Labute approximate surface area is 210 Å². The first-order valence-corrected chi connectivity index (χ1v) is 11.8. The molecule has 1 atom stereocenters. The molecular formula is C27H23FN8O. The number of aromatic nitrogens is 7. The number of pyridine rings is 3. The van der Waals surface area contributed by atoms with Gasteiger partial charge in [-0.15, -0.1) is 0 Å². The molecule has 184 valence electrons. The van der Waals surface area contributed by atoms with Gasteiger partial charge in [-0.05, 0) is 54.4 Å². The van der Waals surface area contributed by atoms with E-state index in [2.05, 4.69) is 30.5 Å². The molecule has 0 amide bonds. The molecule has 10 heteroatoms. The standard InChI is InChI=1S/C27H23FN8O/c1-14(2)27(37)31-18-11-16(12-29-13-18)19-7-8-21-24(32-19)25(36-35-21)26-33-20-9-10-30-22(23(20)34-26)15-3-5-17(28)6-4-15/h3-14,27,31,37H,1-2H3,(H,33,34)(H,35,36). The zero-order valence-electron chi connectivity index (χ0n) is 20.1. The van der Waals surface area contributed by atoms with Crippen molar-refractivity contribution in [2.24, 2.45) is 5.92 Å². The summed E-state index contributed by atoms with van der Waals surface area (Å²) >= 11 is 0. The lowest BCUT2D eigenvalue weighted by Gasteiger charge is -2.17. The Kier molecular flexibility index (Phi) is 5.57. The SMILES string of the molecule is CC(C)C(O)Nc1cncc(-c2ccc3[nH]nc(-c4nc5c(-c6ccc(F)cc6)nccc5[nH]4)c3n2)c1. The van der Waals surface area contributed by atoms with Gasteiger partial charge in [0.1, 0.15) is 23.1 Å². The zero-order valence-corrected chi connectivity index (χ0v) is 20.1. The van der Waals surface area contributed by atoms with Crippen LogP contribution >= 0.6 is 0 Å². The number of aliphatic hydroxyl groups excluding tert-OH is 1. The molecule has 5 aromatic heterocycles. The Hall–Kier alpha value is -4.70. The summed E-state index contributed by atoms with van der Waals surface area (Å²) in [7, 11) is 0. The third kappa shape index (κ3) is 4.27. The van der Waals surface area contributed by atoms with Gasteiger partial charge in [-0.25, -0.2) is 14.4 Å². The Morgan fingerprint density at radius 1 is 0.892 bits per heavy atom. The van der Waals surface area contributed by atoms with E-state index in [1.165, 1.54) is 12.1 Å². The third-order valence-corrected chi connectivity index (χ3v) is 6.13. The largest absolute Gasteiger partial charge is 0.374 e. The topological polar surface area (TPSA) is 128 Å². The number of anilines is 1. The van der Waals surface area contributed by atoms with Crippen molar-refractivity contribution >= 4 is 27.8 Å². The van der Waals surface area contributed by atoms with Gasteiger partial charge in [-0.2, -0.15) is 5.10 Å². The summed E-state index contributed by atoms with van der Waals surface area (Å²) in [5, 5.41) is 20.7. The summed E-state index contributed by atoms with van der Waals surface area (Å²) in [4.78, 5) is 21.7. The lowest BCUT2D eigenvalue weighted by molar-refractivity contribution is 0.153. The highest BCUT2D eigenvalue weighted by molar-refractivity contribution is 5.95. The van der Waals surface area contributed by atoms with Crippen LogP contribution in [-0.4, -0.2) is 46.5 Å². The zero-order chi connectivity index (χ0) is 25.5. The number of aromatic amines is 2. The minimum absolute atomic E-state index is 0.0502. The van der Waals surface area contributed by atoms with Gasteiger partial charge in [0.25, 0.3) is 0 Å². The first kappa shape index (κ1) is 22.7. The fourth-order valence-corrected chi connectivity index (χ4v) is 4.09. The number of hydrogen-bond acceptors (Lipinski definition) is 7. The molecule has 0 aliphatic carbocycles. The molecule has 0 aliphatic rings. The van der Waals surface area contributed by atoms with Crippen molar-refractivity contribution in [2.45, 2.75) is 20.1 Å². The molecule has 1 aromatic carbocycles. The van der Waals surface area contributed by atoms with Gasteiger partial charge >= 0.3 is 0 Å². The van der Waals surface area contributed by atoms with Crippen LogP contribution < -0.4 is 5.32 Å². The number of H-pyrrole nitrogens is 2. The maximum atomic E-state index is 13.4. The van der Waals surface area contributed by atoms with Crippen LogP contribution in [0.5, 0.6) is 0 Å². The molecule has 37 heavy (non-hydrogen) atoms. The van der Waals surface area contributed by atoms with Crippen LogP contribution in [0.2, 0.25) is 0 Å². The lowest BCUT2D eigenvalue weighted by atomic mass is 10.1. The number of benzene rings is 1. The molecule has 0 spiro atoms. The van der Waals surface area contributed by atoms with Crippen LogP contribution in [0.3, 0.4) is 0 Å². The van der Waals surface area contributed by atoms with Gasteiger partial charge in [0.05, 0.1) is 34.3 Å². The van der Waals surface area contributed by atoms with Crippen LogP contribution in [0, 0.1) is 11.7 Å². The normalized spacial score (nSPS) is 12.5. The number of hydrogen-bond donors (Lipinski definition) is 4. The van der Waals surface area contributed by atoms with Crippen LogP contribution in [0.1, 0.15) is 13.8 Å². The Balaban J connectivity index is 1.40. The van der Waals surface area contributed by atoms with Gasteiger partial charge in [-0.1, -0.05) is 13.8 Å². The van der Waals surface area contributed by atoms with Crippen molar-refractivity contribution < 1.29 is 9.50 Å². The molecule has 0 fully saturated rings. The highest BCUT2D eigenvalue weighted by Gasteiger charge is 2.18. The number of rotatable bonds is 6. The lowest BCUT2D eigenvalue weighted by Crippen LogP contribution is -2.24. The van der Waals surface area contributed by atoms with E-state index in [0.717, 1.165) is 22.2 Å². The van der Waals surface area contributed by atoms with E-state index in [9.17, 15) is 9.50 Å². The highest BCUT2D eigenvalue weighted by atomic mass is 19.1. The molecule has 0 saturated heterocycles. The fourth-order valence-electron chi connectivity index (χ4n) is 4.09. The molecule has 9 nitrogen and oxygen atoms in total. The van der Waals surface area contributed by atoms with Crippen LogP contribution in [-0.2, 0) is 0 Å². The quantitative estimate of drug-likeness (QED) is 0.236. The van der Waals surface area contributed by atoms with E-state index in [4.69, 9.17) is 9.97 Å². The highest BCUT2D eigenvalue weighted by Crippen LogP contribution is 2.31. The summed E-state index contributed by atoms with van der Waals surface area (Å²) in [6, 6.07) is 13.7. The van der Waals surface area contributed by atoms with E-state index < -0.39 is 6.23 Å². The predicted octanol–water partition coefficient (Wildman–Crippen LogP) is 5.15. The Bertz CT molecular complexity index is 1720. The van der Waals surface area contributed by atoms with Crippen LogP contribution in [0.15, 0.2) is 67.1 Å². The Morgan fingerprint density at radius 2 is 1.70 bits per heavy atom. The van der Waals surface area contributed by atoms with E-state index in [0.29, 0.717) is 39.6 Å². The first-order valence-electron chi connectivity index (χ1n) is 11.8. The van der Waals surface area contributed by atoms with Crippen LogP contribution in [0.25, 0.3) is 56.1 Å². The van der Waals surface area contributed by atoms with Gasteiger partial charge in [-0.3, -0.25) is 15.1 Å². The summed E-state index contributed by atoms with van der Waals surface area (Å²) < 4.78 is 13.4. The number of halogens is 1. The summed E-state index contributed by atoms with van der Waals surface area (Å²) in [6.07, 6.45) is 4.39. The smallest absolute Gasteiger partial charge is 0.161 e.